The van der Waals surface area contributed by atoms with Crippen molar-refractivity contribution in [3.8, 4) is 0 Å². The van der Waals surface area contributed by atoms with Crippen molar-refractivity contribution >= 4 is 39.3 Å². The van der Waals surface area contributed by atoms with E-state index < -0.39 is 24.2 Å². The number of carbonyl (C=O) groups excluding carboxylic acids is 3. The van der Waals surface area contributed by atoms with Crippen molar-refractivity contribution < 1.29 is 23.5 Å². The van der Waals surface area contributed by atoms with Gasteiger partial charge in [-0.3, -0.25) is 9.59 Å². The van der Waals surface area contributed by atoms with E-state index in [2.05, 4.69) is 21.2 Å². The summed E-state index contributed by atoms with van der Waals surface area (Å²) in [5.41, 5.74) is 0.289. The molecule has 5 nitrogen and oxygen atoms in total. The number of carbonyl (C=O) groups is 3. The molecule has 0 aromatic heterocycles. The van der Waals surface area contributed by atoms with E-state index in [1.807, 2.05) is 0 Å². The Labute approximate surface area is 145 Å². The second kappa shape index (κ2) is 7.83. The molecule has 0 aliphatic carbocycles. The highest BCUT2D eigenvalue weighted by Crippen LogP contribution is 2.18. The number of rotatable bonds is 5. The summed E-state index contributed by atoms with van der Waals surface area (Å²) in [5, 5.41) is 2.41. The molecule has 2 aromatic carbocycles. The van der Waals surface area contributed by atoms with Crippen LogP contribution in [0.4, 0.5) is 10.1 Å². The van der Waals surface area contributed by atoms with Crippen molar-refractivity contribution in [2.45, 2.75) is 6.92 Å². The van der Waals surface area contributed by atoms with E-state index in [-0.39, 0.29) is 22.7 Å². The summed E-state index contributed by atoms with van der Waals surface area (Å²) >= 11 is 3.21. The average molecular weight is 394 g/mol. The quantitative estimate of drug-likeness (QED) is 0.622. The SMILES string of the molecule is CC(=O)Nc1ccc(C(=O)COC(=O)c2ccccc2Br)c(F)c1. The van der Waals surface area contributed by atoms with Crippen LogP contribution in [-0.2, 0) is 9.53 Å². The number of amides is 1. The van der Waals surface area contributed by atoms with Gasteiger partial charge < -0.3 is 10.1 Å². The van der Waals surface area contributed by atoms with Crippen LogP contribution in [0, 0.1) is 5.82 Å². The average Bonchev–Trinajstić information content (AvgIpc) is 2.52. The van der Waals surface area contributed by atoms with Gasteiger partial charge in [0.2, 0.25) is 11.7 Å². The van der Waals surface area contributed by atoms with Crippen LogP contribution in [0.3, 0.4) is 0 Å². The summed E-state index contributed by atoms with van der Waals surface area (Å²) in [6.07, 6.45) is 0. The van der Waals surface area contributed by atoms with E-state index in [1.165, 1.54) is 19.1 Å². The van der Waals surface area contributed by atoms with Gasteiger partial charge in [-0.1, -0.05) is 12.1 Å². The van der Waals surface area contributed by atoms with E-state index in [0.717, 1.165) is 6.07 Å². The maximum atomic E-state index is 13.9. The largest absolute Gasteiger partial charge is 0.454 e. The van der Waals surface area contributed by atoms with Crippen molar-refractivity contribution in [3.05, 3.63) is 63.9 Å². The molecule has 0 saturated carbocycles. The molecule has 2 rings (SSSR count). The van der Waals surface area contributed by atoms with E-state index in [1.54, 1.807) is 24.3 Å². The normalized spacial score (nSPS) is 10.1. The van der Waals surface area contributed by atoms with Crippen LogP contribution in [0.2, 0.25) is 0 Å². The molecule has 0 atom stereocenters. The highest BCUT2D eigenvalue weighted by atomic mass is 79.9. The minimum Gasteiger partial charge on any atom is -0.454 e. The van der Waals surface area contributed by atoms with E-state index in [0.29, 0.717) is 4.47 Å². The maximum absolute atomic E-state index is 13.9. The fraction of sp³-hybridized carbons (Fsp3) is 0.118. The second-order valence-electron chi connectivity index (χ2n) is 4.85. The molecule has 0 spiro atoms. The monoisotopic (exact) mass is 393 g/mol. The zero-order valence-corrected chi connectivity index (χ0v) is 14.2. The molecule has 0 fully saturated rings. The lowest BCUT2D eigenvalue weighted by Crippen LogP contribution is -2.16. The van der Waals surface area contributed by atoms with Gasteiger partial charge in [-0.15, -0.1) is 0 Å². The number of anilines is 1. The van der Waals surface area contributed by atoms with Crippen LogP contribution in [-0.4, -0.2) is 24.3 Å². The molecule has 24 heavy (non-hydrogen) atoms. The zero-order chi connectivity index (χ0) is 17.7. The van der Waals surface area contributed by atoms with Crippen LogP contribution < -0.4 is 5.32 Å². The van der Waals surface area contributed by atoms with Gasteiger partial charge >= 0.3 is 5.97 Å². The van der Waals surface area contributed by atoms with Crippen LogP contribution in [0.5, 0.6) is 0 Å². The Morgan fingerprint density at radius 1 is 1.12 bits per heavy atom. The first kappa shape index (κ1) is 17.8. The number of esters is 1. The van der Waals surface area contributed by atoms with Crippen molar-refractivity contribution in [3.63, 3.8) is 0 Å². The molecule has 0 aliphatic heterocycles. The summed E-state index contributed by atoms with van der Waals surface area (Å²) in [5.74, 6) is -2.52. The highest BCUT2D eigenvalue weighted by Gasteiger charge is 2.17. The lowest BCUT2D eigenvalue weighted by Gasteiger charge is -2.08. The Hall–Kier alpha value is -2.54. The van der Waals surface area contributed by atoms with Crippen molar-refractivity contribution in [2.24, 2.45) is 0 Å². The molecule has 1 amide bonds. The number of ketones is 1. The predicted molar refractivity (Wildman–Crippen MR) is 89.5 cm³/mol. The van der Waals surface area contributed by atoms with Crippen LogP contribution >= 0.6 is 15.9 Å². The first-order valence-corrected chi connectivity index (χ1v) is 7.70. The predicted octanol–water partition coefficient (Wildman–Crippen LogP) is 3.59. The smallest absolute Gasteiger partial charge is 0.339 e. The molecule has 124 valence electrons. The molecule has 0 unspecified atom stereocenters. The Kier molecular flexibility index (Phi) is 5.81. The van der Waals surface area contributed by atoms with Crippen LogP contribution in [0.25, 0.3) is 0 Å². The van der Waals surface area contributed by atoms with Gasteiger partial charge in [-0.25, -0.2) is 9.18 Å². The Bertz CT molecular complexity index is 807. The summed E-state index contributed by atoms with van der Waals surface area (Å²) in [6, 6.07) is 10.3. The van der Waals surface area contributed by atoms with Gasteiger partial charge in [0.1, 0.15) is 5.82 Å². The number of Topliss-reactive ketones (excluding diaryl/α,β-unsaturated/α-hetero) is 1. The fourth-order valence-electron chi connectivity index (χ4n) is 1.94. The van der Waals surface area contributed by atoms with Crippen molar-refractivity contribution in [1.29, 1.82) is 0 Å². The summed E-state index contributed by atoms with van der Waals surface area (Å²) < 4.78 is 19.4. The third kappa shape index (κ3) is 4.48. The second-order valence-corrected chi connectivity index (χ2v) is 5.71. The van der Waals surface area contributed by atoms with Gasteiger partial charge in [-0.2, -0.15) is 0 Å². The number of hydrogen-bond donors (Lipinski definition) is 1. The standard InChI is InChI=1S/C17H13BrFNO4/c1-10(21)20-11-6-7-13(15(19)8-11)16(22)9-24-17(23)12-4-2-3-5-14(12)18/h2-8H,9H2,1H3,(H,20,21). The minimum atomic E-state index is -0.803. The first-order chi connectivity index (χ1) is 11.4. The van der Waals surface area contributed by atoms with Gasteiger partial charge in [-0.05, 0) is 46.3 Å². The summed E-state index contributed by atoms with van der Waals surface area (Å²) in [4.78, 5) is 34.8. The molecule has 0 radical (unpaired) electrons. The number of benzene rings is 2. The van der Waals surface area contributed by atoms with Crippen LogP contribution in [0.1, 0.15) is 27.6 Å². The third-order valence-corrected chi connectivity index (χ3v) is 3.71. The lowest BCUT2D eigenvalue weighted by molar-refractivity contribution is -0.114. The maximum Gasteiger partial charge on any atom is 0.339 e. The van der Waals surface area contributed by atoms with Gasteiger partial charge in [0.25, 0.3) is 0 Å². The van der Waals surface area contributed by atoms with E-state index in [9.17, 15) is 18.8 Å². The van der Waals surface area contributed by atoms with Gasteiger partial charge in [0.15, 0.2) is 6.61 Å². The first-order valence-electron chi connectivity index (χ1n) is 6.90. The Morgan fingerprint density at radius 2 is 1.83 bits per heavy atom. The minimum absolute atomic E-state index is 0.218. The molecule has 2 aromatic rings. The van der Waals surface area contributed by atoms with E-state index in [4.69, 9.17) is 4.74 Å². The topological polar surface area (TPSA) is 72.5 Å². The molecule has 0 saturated heterocycles. The number of halogens is 2. The number of ether oxygens (including phenoxy) is 1. The molecule has 0 aliphatic rings. The van der Waals surface area contributed by atoms with Gasteiger partial charge in [0, 0.05) is 17.1 Å². The van der Waals surface area contributed by atoms with Crippen molar-refractivity contribution in [2.75, 3.05) is 11.9 Å². The molecule has 0 heterocycles. The third-order valence-electron chi connectivity index (χ3n) is 3.02. The lowest BCUT2D eigenvalue weighted by atomic mass is 10.1. The molecule has 0 bridgehead atoms. The molecule has 1 N–H and O–H groups in total. The fourth-order valence-corrected chi connectivity index (χ4v) is 2.38. The number of hydrogen-bond acceptors (Lipinski definition) is 4. The molecule has 7 heteroatoms. The summed E-state index contributed by atoms with van der Waals surface area (Å²) in [7, 11) is 0. The molecular formula is C17H13BrFNO4. The zero-order valence-electron chi connectivity index (χ0n) is 12.6. The Balaban J connectivity index is 2.04. The highest BCUT2D eigenvalue weighted by molar-refractivity contribution is 9.10. The Morgan fingerprint density at radius 3 is 2.46 bits per heavy atom. The van der Waals surface area contributed by atoms with E-state index >= 15 is 0 Å². The number of nitrogens with one attached hydrogen (secondary N) is 1. The summed E-state index contributed by atoms with van der Waals surface area (Å²) in [6.45, 7) is 0.703. The van der Waals surface area contributed by atoms with Gasteiger partial charge in [0.05, 0.1) is 11.1 Å². The van der Waals surface area contributed by atoms with Crippen LogP contribution in [0.15, 0.2) is 46.9 Å². The van der Waals surface area contributed by atoms with Crippen molar-refractivity contribution in [1.82, 2.24) is 0 Å². The molecular weight excluding hydrogens is 381 g/mol.